The first kappa shape index (κ1) is 15.8. The van der Waals surface area contributed by atoms with Gasteiger partial charge in [-0.2, -0.15) is 8.42 Å². The van der Waals surface area contributed by atoms with Crippen molar-refractivity contribution in [1.29, 1.82) is 0 Å². The van der Waals surface area contributed by atoms with Crippen molar-refractivity contribution >= 4 is 10.1 Å². The van der Waals surface area contributed by atoms with Crippen LogP contribution in [0.1, 0.15) is 34.1 Å². The first-order valence-electron chi connectivity index (χ1n) is 5.23. The SMILES string of the molecule is CN(CCO)C(C)(C)CC(C)(C)S(=O)(=O)O. The third-order valence-electron chi connectivity index (χ3n) is 3.03. The molecule has 0 saturated heterocycles. The molecule has 0 saturated carbocycles. The summed E-state index contributed by atoms with van der Waals surface area (Å²) in [6.45, 7) is 7.25. The van der Waals surface area contributed by atoms with Crippen LogP contribution in [0.2, 0.25) is 0 Å². The van der Waals surface area contributed by atoms with Gasteiger partial charge in [0.1, 0.15) is 0 Å². The summed E-state index contributed by atoms with van der Waals surface area (Å²) < 4.78 is 30.3. The van der Waals surface area contributed by atoms with Gasteiger partial charge < -0.3 is 5.11 Å². The molecule has 0 aromatic heterocycles. The van der Waals surface area contributed by atoms with Crippen LogP contribution < -0.4 is 0 Å². The topological polar surface area (TPSA) is 77.8 Å². The molecule has 0 amide bonds. The van der Waals surface area contributed by atoms with E-state index in [1.807, 2.05) is 25.8 Å². The van der Waals surface area contributed by atoms with E-state index in [4.69, 9.17) is 9.66 Å². The van der Waals surface area contributed by atoms with Gasteiger partial charge in [0.05, 0.1) is 11.4 Å². The quantitative estimate of drug-likeness (QED) is 0.683. The minimum atomic E-state index is -4.07. The highest BCUT2D eigenvalue weighted by Gasteiger charge is 2.39. The van der Waals surface area contributed by atoms with Gasteiger partial charge in [0.2, 0.25) is 0 Å². The number of aliphatic hydroxyl groups is 1. The summed E-state index contributed by atoms with van der Waals surface area (Å²) in [4.78, 5) is 1.87. The second-order valence-corrected chi connectivity index (χ2v) is 7.42. The minimum Gasteiger partial charge on any atom is -0.395 e. The van der Waals surface area contributed by atoms with Crippen molar-refractivity contribution in [3.8, 4) is 0 Å². The van der Waals surface area contributed by atoms with Gasteiger partial charge in [0.25, 0.3) is 10.1 Å². The number of likely N-dealkylation sites (N-methyl/N-ethyl adjacent to an activating group) is 1. The summed E-state index contributed by atoms with van der Waals surface area (Å²) >= 11 is 0. The summed E-state index contributed by atoms with van der Waals surface area (Å²) in [6, 6.07) is 0. The highest BCUT2D eigenvalue weighted by Crippen LogP contribution is 2.29. The van der Waals surface area contributed by atoms with E-state index < -0.39 is 20.4 Å². The zero-order valence-corrected chi connectivity index (χ0v) is 11.5. The third kappa shape index (κ3) is 4.01. The van der Waals surface area contributed by atoms with Crippen LogP contribution >= 0.6 is 0 Å². The fourth-order valence-corrected chi connectivity index (χ4v) is 2.26. The largest absolute Gasteiger partial charge is 0.395 e. The molecular weight excluding hydrogens is 230 g/mol. The van der Waals surface area contributed by atoms with Crippen LogP contribution in [-0.2, 0) is 10.1 Å². The summed E-state index contributed by atoms with van der Waals surface area (Å²) in [7, 11) is -2.26. The van der Waals surface area contributed by atoms with E-state index in [1.165, 1.54) is 13.8 Å². The van der Waals surface area contributed by atoms with Crippen LogP contribution in [0.4, 0.5) is 0 Å². The Kier molecular flexibility index (Phi) is 4.94. The van der Waals surface area contributed by atoms with Crippen molar-refractivity contribution in [2.24, 2.45) is 0 Å². The van der Waals surface area contributed by atoms with Crippen LogP contribution in [0.15, 0.2) is 0 Å². The molecule has 0 aliphatic carbocycles. The van der Waals surface area contributed by atoms with E-state index in [0.717, 1.165) is 0 Å². The summed E-state index contributed by atoms with van der Waals surface area (Å²) in [5, 5.41) is 8.85. The predicted octanol–water partition coefficient (Wildman–Crippen LogP) is 0.746. The highest BCUT2D eigenvalue weighted by molar-refractivity contribution is 7.87. The predicted molar refractivity (Wildman–Crippen MR) is 64.0 cm³/mol. The molecular formula is C10H23NO4S. The van der Waals surface area contributed by atoms with Crippen molar-refractivity contribution in [3.63, 3.8) is 0 Å². The average Bonchev–Trinajstić information content (AvgIpc) is 2.00. The lowest BCUT2D eigenvalue weighted by atomic mass is 9.90. The Morgan fingerprint density at radius 3 is 1.94 bits per heavy atom. The molecule has 5 nitrogen and oxygen atoms in total. The van der Waals surface area contributed by atoms with Gasteiger partial charge >= 0.3 is 0 Å². The van der Waals surface area contributed by atoms with E-state index >= 15 is 0 Å². The molecule has 0 aromatic rings. The second kappa shape index (κ2) is 5.00. The third-order valence-corrected chi connectivity index (χ3v) is 4.57. The van der Waals surface area contributed by atoms with E-state index in [-0.39, 0.29) is 13.0 Å². The summed E-state index contributed by atoms with van der Waals surface area (Å²) in [5.41, 5.74) is -0.415. The number of nitrogens with zero attached hydrogens (tertiary/aromatic N) is 1. The van der Waals surface area contributed by atoms with E-state index in [0.29, 0.717) is 6.54 Å². The molecule has 6 heteroatoms. The summed E-state index contributed by atoms with van der Waals surface area (Å²) in [5.74, 6) is 0. The number of hydrogen-bond acceptors (Lipinski definition) is 4. The zero-order chi connectivity index (χ0) is 13.2. The van der Waals surface area contributed by atoms with Gasteiger partial charge in [0.15, 0.2) is 0 Å². The van der Waals surface area contributed by atoms with Crippen molar-refractivity contribution in [1.82, 2.24) is 4.90 Å². The zero-order valence-electron chi connectivity index (χ0n) is 10.7. The normalized spacial score (nSPS) is 14.5. The molecule has 0 unspecified atom stereocenters. The maximum atomic E-state index is 11.2. The Labute approximate surface area is 98.2 Å². The molecule has 0 atom stereocenters. The molecule has 0 aliphatic heterocycles. The lowest BCUT2D eigenvalue weighted by Gasteiger charge is -2.39. The Hall–Kier alpha value is -0.170. The van der Waals surface area contributed by atoms with Gasteiger partial charge in [-0.05, 0) is 41.2 Å². The molecule has 0 spiro atoms. The smallest absolute Gasteiger partial charge is 0.270 e. The first-order chi connectivity index (χ1) is 6.94. The molecule has 2 N–H and O–H groups in total. The lowest BCUT2D eigenvalue weighted by Crippen LogP contribution is -2.49. The number of hydrogen-bond donors (Lipinski definition) is 2. The number of aliphatic hydroxyl groups excluding tert-OH is 1. The standard InChI is InChI=1S/C10H23NO4S/c1-9(2,11(5)6-7-12)8-10(3,4)16(13,14)15/h12H,6-8H2,1-5H3,(H,13,14,15). The Morgan fingerprint density at radius 2 is 1.62 bits per heavy atom. The molecule has 0 radical (unpaired) electrons. The van der Waals surface area contributed by atoms with Crippen molar-refractivity contribution in [2.75, 3.05) is 20.2 Å². The Morgan fingerprint density at radius 1 is 1.19 bits per heavy atom. The van der Waals surface area contributed by atoms with Crippen LogP contribution in [0.5, 0.6) is 0 Å². The van der Waals surface area contributed by atoms with Crippen molar-refractivity contribution in [3.05, 3.63) is 0 Å². The number of β-amino-alcohol motifs (C(OH)–C–C–N with tert-alkyl or cyclic N) is 1. The van der Waals surface area contributed by atoms with Crippen LogP contribution in [0, 0.1) is 0 Å². The molecule has 0 heterocycles. The van der Waals surface area contributed by atoms with Crippen molar-refractivity contribution in [2.45, 2.75) is 44.4 Å². The molecule has 16 heavy (non-hydrogen) atoms. The van der Waals surface area contributed by atoms with Gasteiger partial charge in [-0.1, -0.05) is 0 Å². The second-order valence-electron chi connectivity index (χ2n) is 5.37. The highest BCUT2D eigenvalue weighted by atomic mass is 32.2. The molecule has 0 fully saturated rings. The van der Waals surface area contributed by atoms with Gasteiger partial charge in [0, 0.05) is 12.1 Å². The van der Waals surface area contributed by atoms with Gasteiger partial charge in [-0.25, -0.2) is 0 Å². The van der Waals surface area contributed by atoms with Crippen LogP contribution in [0.3, 0.4) is 0 Å². The summed E-state index contributed by atoms with van der Waals surface area (Å²) in [6.07, 6.45) is 0.287. The fraction of sp³-hybridized carbons (Fsp3) is 1.00. The Balaban J connectivity index is 4.83. The average molecular weight is 253 g/mol. The molecule has 0 bridgehead atoms. The van der Waals surface area contributed by atoms with Crippen LogP contribution in [-0.4, -0.2) is 53.5 Å². The van der Waals surface area contributed by atoms with Gasteiger partial charge in [-0.15, -0.1) is 0 Å². The van der Waals surface area contributed by atoms with Crippen molar-refractivity contribution < 1.29 is 18.1 Å². The van der Waals surface area contributed by atoms with E-state index in [9.17, 15) is 8.42 Å². The first-order valence-corrected chi connectivity index (χ1v) is 6.67. The maximum absolute atomic E-state index is 11.2. The maximum Gasteiger partial charge on any atom is 0.270 e. The monoisotopic (exact) mass is 253 g/mol. The fourth-order valence-electron chi connectivity index (χ4n) is 1.72. The Bertz CT molecular complexity index is 322. The number of rotatable bonds is 6. The minimum absolute atomic E-state index is 0.0201. The van der Waals surface area contributed by atoms with Gasteiger partial charge in [-0.3, -0.25) is 9.45 Å². The molecule has 0 aliphatic rings. The molecule has 98 valence electrons. The molecule has 0 aromatic carbocycles. The van der Waals surface area contributed by atoms with E-state index in [2.05, 4.69) is 0 Å². The van der Waals surface area contributed by atoms with E-state index in [1.54, 1.807) is 0 Å². The molecule has 0 rings (SSSR count). The van der Waals surface area contributed by atoms with Crippen LogP contribution in [0.25, 0.3) is 0 Å². The lowest BCUT2D eigenvalue weighted by molar-refractivity contribution is 0.106.